The Morgan fingerprint density at radius 3 is 2.37 bits per heavy atom. The molecule has 0 aliphatic heterocycles. The van der Waals surface area contributed by atoms with Gasteiger partial charge in [0.1, 0.15) is 13.8 Å². The van der Waals surface area contributed by atoms with Gasteiger partial charge in [-0.25, -0.2) is 8.78 Å². The zero-order chi connectivity index (χ0) is 14.0. The minimum Gasteiger partial charge on any atom is -0.464 e. The molecule has 0 atom stereocenters. The van der Waals surface area contributed by atoms with Crippen LogP contribution in [0.5, 0.6) is 0 Å². The fraction of sp³-hybridized carbons (Fsp3) is 0.200. The molecule has 0 aliphatic carbocycles. The SMILES string of the molecule is C[Si](C)(C)C#Cc1ccc(-c2ccco2)c(F)c1F. The summed E-state index contributed by atoms with van der Waals surface area (Å²) in [4.78, 5) is 0. The Bertz CT molecular complexity index is 643. The van der Waals surface area contributed by atoms with Crippen LogP contribution in [0.1, 0.15) is 5.56 Å². The lowest BCUT2D eigenvalue weighted by Gasteiger charge is -2.05. The average molecular weight is 276 g/mol. The zero-order valence-corrected chi connectivity index (χ0v) is 12.1. The quantitative estimate of drug-likeness (QED) is 0.554. The van der Waals surface area contributed by atoms with Crippen LogP contribution in [0.15, 0.2) is 34.9 Å². The predicted octanol–water partition coefficient (Wildman–Crippen LogP) is 4.45. The lowest BCUT2D eigenvalue weighted by atomic mass is 10.1. The Morgan fingerprint density at radius 2 is 1.79 bits per heavy atom. The van der Waals surface area contributed by atoms with Crippen LogP contribution >= 0.6 is 0 Å². The summed E-state index contributed by atoms with van der Waals surface area (Å²) in [5.74, 6) is 1.20. The van der Waals surface area contributed by atoms with Crippen molar-refractivity contribution in [3.05, 3.63) is 47.7 Å². The maximum Gasteiger partial charge on any atom is 0.175 e. The standard InChI is InChI=1S/C15H14F2OSi/c1-19(2,3)10-8-11-6-7-12(15(17)14(11)16)13-5-4-9-18-13/h4-7,9H,1-3H3. The summed E-state index contributed by atoms with van der Waals surface area (Å²) >= 11 is 0. The van der Waals surface area contributed by atoms with Crippen LogP contribution in [0, 0.1) is 23.1 Å². The molecule has 4 heteroatoms. The normalized spacial score (nSPS) is 11.0. The molecule has 0 radical (unpaired) electrons. The summed E-state index contributed by atoms with van der Waals surface area (Å²) in [6, 6.07) is 6.20. The first kappa shape index (κ1) is 13.6. The molecule has 2 rings (SSSR count). The van der Waals surface area contributed by atoms with Crippen LogP contribution < -0.4 is 0 Å². The van der Waals surface area contributed by atoms with Gasteiger partial charge in [0.15, 0.2) is 11.6 Å². The molecule has 0 saturated carbocycles. The first-order valence-electron chi connectivity index (χ1n) is 5.93. The van der Waals surface area contributed by atoms with E-state index in [4.69, 9.17) is 4.42 Å². The van der Waals surface area contributed by atoms with E-state index >= 15 is 0 Å². The third-order valence-electron chi connectivity index (χ3n) is 2.44. The summed E-state index contributed by atoms with van der Waals surface area (Å²) in [6.45, 7) is 6.14. The van der Waals surface area contributed by atoms with Crippen LogP contribution in [0.2, 0.25) is 19.6 Å². The van der Waals surface area contributed by atoms with Gasteiger partial charge >= 0.3 is 0 Å². The second kappa shape index (κ2) is 5.02. The van der Waals surface area contributed by atoms with Crippen molar-refractivity contribution < 1.29 is 13.2 Å². The van der Waals surface area contributed by atoms with E-state index in [1.165, 1.54) is 18.4 Å². The van der Waals surface area contributed by atoms with Crippen molar-refractivity contribution >= 4 is 8.07 Å². The van der Waals surface area contributed by atoms with Gasteiger partial charge < -0.3 is 4.42 Å². The Labute approximate surface area is 112 Å². The zero-order valence-electron chi connectivity index (χ0n) is 11.1. The van der Waals surface area contributed by atoms with E-state index in [1.54, 1.807) is 12.1 Å². The van der Waals surface area contributed by atoms with Crippen molar-refractivity contribution in [2.45, 2.75) is 19.6 Å². The topological polar surface area (TPSA) is 13.1 Å². The Kier molecular flexibility index (Phi) is 3.58. The van der Waals surface area contributed by atoms with E-state index in [0.29, 0.717) is 5.76 Å². The van der Waals surface area contributed by atoms with E-state index in [1.807, 2.05) is 19.6 Å². The van der Waals surface area contributed by atoms with Crippen molar-refractivity contribution in [2.24, 2.45) is 0 Å². The van der Waals surface area contributed by atoms with E-state index in [9.17, 15) is 8.78 Å². The molecule has 0 fully saturated rings. The number of hydrogen-bond donors (Lipinski definition) is 0. The number of hydrogen-bond acceptors (Lipinski definition) is 1. The van der Waals surface area contributed by atoms with E-state index < -0.39 is 19.7 Å². The molecular formula is C15H14F2OSi. The van der Waals surface area contributed by atoms with Crippen molar-refractivity contribution in [1.29, 1.82) is 0 Å². The van der Waals surface area contributed by atoms with Gasteiger partial charge in [0.25, 0.3) is 0 Å². The minimum atomic E-state index is -1.62. The van der Waals surface area contributed by atoms with E-state index in [-0.39, 0.29) is 11.1 Å². The monoisotopic (exact) mass is 276 g/mol. The lowest BCUT2D eigenvalue weighted by Crippen LogP contribution is -2.16. The van der Waals surface area contributed by atoms with Gasteiger partial charge in [0.05, 0.1) is 17.4 Å². The van der Waals surface area contributed by atoms with Gasteiger partial charge in [-0.2, -0.15) is 0 Å². The second-order valence-electron chi connectivity index (χ2n) is 5.27. The van der Waals surface area contributed by atoms with Crippen LogP contribution in [0.4, 0.5) is 8.78 Å². The molecule has 1 heterocycles. The molecule has 0 amide bonds. The minimum absolute atomic E-state index is 0.0928. The van der Waals surface area contributed by atoms with Crippen LogP contribution in [-0.2, 0) is 0 Å². The molecule has 0 saturated heterocycles. The number of benzene rings is 1. The highest BCUT2D eigenvalue weighted by Crippen LogP contribution is 2.26. The van der Waals surface area contributed by atoms with E-state index in [0.717, 1.165) is 0 Å². The first-order valence-corrected chi connectivity index (χ1v) is 9.43. The lowest BCUT2D eigenvalue weighted by molar-refractivity contribution is 0.502. The number of rotatable bonds is 1. The molecule has 0 bridgehead atoms. The smallest absolute Gasteiger partial charge is 0.175 e. The first-order chi connectivity index (χ1) is 8.88. The fourth-order valence-electron chi connectivity index (χ4n) is 1.52. The Hall–Kier alpha value is -1.86. The molecule has 1 aromatic heterocycles. The third kappa shape index (κ3) is 3.12. The molecular weight excluding hydrogens is 262 g/mol. The summed E-state index contributed by atoms with van der Waals surface area (Å²) < 4.78 is 33.0. The van der Waals surface area contributed by atoms with Crippen LogP contribution in [-0.4, -0.2) is 8.07 Å². The maximum atomic E-state index is 14.0. The Morgan fingerprint density at radius 1 is 1.05 bits per heavy atom. The molecule has 1 aromatic carbocycles. The van der Waals surface area contributed by atoms with Crippen molar-refractivity contribution in [2.75, 3.05) is 0 Å². The molecule has 0 aliphatic rings. The highest BCUT2D eigenvalue weighted by molar-refractivity contribution is 6.83. The summed E-state index contributed by atoms with van der Waals surface area (Å²) in [6.07, 6.45) is 1.42. The highest BCUT2D eigenvalue weighted by atomic mass is 28.3. The maximum absolute atomic E-state index is 14.0. The second-order valence-corrected chi connectivity index (χ2v) is 10.0. The van der Waals surface area contributed by atoms with Gasteiger partial charge in [-0.05, 0) is 24.3 Å². The molecule has 1 nitrogen and oxygen atoms in total. The highest BCUT2D eigenvalue weighted by Gasteiger charge is 2.16. The van der Waals surface area contributed by atoms with Gasteiger partial charge in [0.2, 0.25) is 0 Å². The molecule has 19 heavy (non-hydrogen) atoms. The molecule has 0 spiro atoms. The third-order valence-corrected chi connectivity index (χ3v) is 3.32. The van der Waals surface area contributed by atoms with Crippen molar-refractivity contribution in [3.63, 3.8) is 0 Å². The number of furan rings is 1. The number of halogens is 2. The summed E-state index contributed by atoms with van der Waals surface area (Å²) in [5, 5.41) is 0. The summed E-state index contributed by atoms with van der Waals surface area (Å²) in [5.41, 5.74) is 3.22. The van der Waals surface area contributed by atoms with Gasteiger partial charge in [0, 0.05) is 0 Å². The van der Waals surface area contributed by atoms with Crippen molar-refractivity contribution in [3.8, 4) is 22.8 Å². The Balaban J connectivity index is 2.46. The van der Waals surface area contributed by atoms with Gasteiger partial charge in [-0.3, -0.25) is 0 Å². The van der Waals surface area contributed by atoms with Crippen molar-refractivity contribution in [1.82, 2.24) is 0 Å². The molecule has 98 valence electrons. The van der Waals surface area contributed by atoms with Crippen LogP contribution in [0.3, 0.4) is 0 Å². The largest absolute Gasteiger partial charge is 0.464 e. The van der Waals surface area contributed by atoms with Gasteiger partial charge in [-0.15, -0.1) is 5.54 Å². The van der Waals surface area contributed by atoms with E-state index in [2.05, 4.69) is 11.5 Å². The molecule has 0 unspecified atom stereocenters. The molecule has 0 N–H and O–H groups in total. The van der Waals surface area contributed by atoms with Gasteiger partial charge in [-0.1, -0.05) is 25.6 Å². The van der Waals surface area contributed by atoms with Crippen LogP contribution in [0.25, 0.3) is 11.3 Å². The summed E-state index contributed by atoms with van der Waals surface area (Å²) in [7, 11) is -1.62. The fourth-order valence-corrected chi connectivity index (χ4v) is 2.03. The average Bonchev–Trinajstić information content (AvgIpc) is 2.83. The predicted molar refractivity (Wildman–Crippen MR) is 74.3 cm³/mol. The molecule has 2 aromatic rings.